The Balaban J connectivity index is 1.55. The third-order valence-corrected chi connectivity index (χ3v) is 5.50. The summed E-state index contributed by atoms with van der Waals surface area (Å²) in [5.74, 6) is 0.143. The summed E-state index contributed by atoms with van der Waals surface area (Å²) in [6, 6.07) is 7.13. The van der Waals surface area contributed by atoms with Crippen molar-refractivity contribution in [3.63, 3.8) is 0 Å². The minimum absolute atomic E-state index is 0.121. The Kier molecular flexibility index (Phi) is 4.47. The molecule has 3 heterocycles. The number of thiophene rings is 1. The molecule has 0 bridgehead atoms. The monoisotopic (exact) mass is 395 g/mol. The quantitative estimate of drug-likeness (QED) is 0.565. The Hall–Kier alpha value is -3.40. The van der Waals surface area contributed by atoms with E-state index in [0.29, 0.717) is 21.7 Å². The smallest absolute Gasteiger partial charge is 0.262 e. The van der Waals surface area contributed by atoms with Crippen molar-refractivity contribution in [2.45, 2.75) is 20.4 Å². The molecule has 142 valence electrons. The van der Waals surface area contributed by atoms with Crippen molar-refractivity contribution in [3.05, 3.63) is 51.4 Å². The van der Waals surface area contributed by atoms with Gasteiger partial charge in [0.05, 0.1) is 18.8 Å². The number of amides is 1. The van der Waals surface area contributed by atoms with Crippen LogP contribution in [0, 0.1) is 13.8 Å². The molecule has 28 heavy (non-hydrogen) atoms. The van der Waals surface area contributed by atoms with Gasteiger partial charge in [-0.1, -0.05) is 12.1 Å². The minimum Gasteiger partial charge on any atom is -0.325 e. The predicted octanol–water partition coefficient (Wildman–Crippen LogP) is 1.90. The summed E-state index contributed by atoms with van der Waals surface area (Å²) in [7, 11) is 1.68. The lowest BCUT2D eigenvalue weighted by Gasteiger charge is -2.08. The number of nitrogens with zero attached hydrogens (tertiary/aromatic N) is 6. The van der Waals surface area contributed by atoms with Crippen molar-refractivity contribution in [2.75, 3.05) is 5.32 Å². The van der Waals surface area contributed by atoms with Gasteiger partial charge in [0.2, 0.25) is 11.7 Å². The van der Waals surface area contributed by atoms with Crippen molar-refractivity contribution in [2.24, 2.45) is 7.05 Å². The van der Waals surface area contributed by atoms with Gasteiger partial charge in [0.1, 0.15) is 11.4 Å². The van der Waals surface area contributed by atoms with Gasteiger partial charge in [-0.2, -0.15) is 4.80 Å². The van der Waals surface area contributed by atoms with Crippen molar-refractivity contribution >= 4 is 33.1 Å². The summed E-state index contributed by atoms with van der Waals surface area (Å²) < 4.78 is 1.32. The van der Waals surface area contributed by atoms with Gasteiger partial charge < -0.3 is 5.32 Å². The van der Waals surface area contributed by atoms with Crippen LogP contribution in [0.5, 0.6) is 0 Å². The minimum atomic E-state index is -0.322. The standard InChI is InChI=1S/C18H17N7O2S/c1-10-11(2)28-17-15(10)18(27)25(9-19-17)8-14(26)20-13-6-4-5-12(7-13)16-21-23-24(3)22-16/h4-7,9H,8H2,1-3H3,(H,20,26). The highest BCUT2D eigenvalue weighted by molar-refractivity contribution is 7.18. The molecule has 4 rings (SSSR count). The predicted molar refractivity (Wildman–Crippen MR) is 106 cm³/mol. The second-order valence-electron chi connectivity index (χ2n) is 6.37. The molecule has 1 aromatic carbocycles. The van der Waals surface area contributed by atoms with E-state index >= 15 is 0 Å². The van der Waals surface area contributed by atoms with Crippen molar-refractivity contribution < 1.29 is 4.79 Å². The third kappa shape index (κ3) is 3.29. The molecule has 0 saturated carbocycles. The van der Waals surface area contributed by atoms with Gasteiger partial charge in [-0.15, -0.1) is 21.5 Å². The number of tetrazole rings is 1. The highest BCUT2D eigenvalue weighted by Crippen LogP contribution is 2.25. The van der Waals surface area contributed by atoms with Crippen LogP contribution < -0.4 is 10.9 Å². The molecule has 0 saturated heterocycles. The normalized spacial score (nSPS) is 11.1. The molecule has 0 unspecified atom stereocenters. The number of nitrogens with one attached hydrogen (secondary N) is 1. The van der Waals surface area contributed by atoms with E-state index in [9.17, 15) is 9.59 Å². The molecule has 0 fully saturated rings. The SMILES string of the molecule is Cc1sc2ncn(CC(=O)Nc3cccc(-c4nnn(C)n4)c3)c(=O)c2c1C. The summed E-state index contributed by atoms with van der Waals surface area (Å²) in [5, 5.41) is 15.3. The average Bonchev–Trinajstić information content (AvgIpc) is 3.22. The lowest BCUT2D eigenvalue weighted by molar-refractivity contribution is -0.116. The molecule has 3 aromatic heterocycles. The van der Waals surface area contributed by atoms with E-state index in [1.807, 2.05) is 19.9 Å². The summed E-state index contributed by atoms with van der Waals surface area (Å²) in [6.45, 7) is 3.73. The van der Waals surface area contributed by atoms with Gasteiger partial charge in [0.25, 0.3) is 5.56 Å². The summed E-state index contributed by atoms with van der Waals surface area (Å²) in [5.41, 5.74) is 2.02. The molecule has 1 amide bonds. The maximum atomic E-state index is 12.7. The van der Waals surface area contributed by atoms with E-state index in [0.717, 1.165) is 16.0 Å². The van der Waals surface area contributed by atoms with Crippen LogP contribution in [0.3, 0.4) is 0 Å². The topological polar surface area (TPSA) is 108 Å². The Bertz CT molecular complexity index is 1250. The Labute approximate surface area is 163 Å². The molecule has 10 heteroatoms. The van der Waals surface area contributed by atoms with E-state index in [1.54, 1.807) is 25.2 Å². The fraction of sp³-hybridized carbons (Fsp3) is 0.222. The number of carbonyl (C=O) groups excluding carboxylic acids is 1. The van der Waals surface area contributed by atoms with Gasteiger partial charge in [0, 0.05) is 16.1 Å². The fourth-order valence-corrected chi connectivity index (χ4v) is 3.86. The number of fused-ring (bicyclic) bond motifs is 1. The second kappa shape index (κ2) is 6.97. The summed E-state index contributed by atoms with van der Waals surface area (Å²) >= 11 is 1.48. The van der Waals surface area contributed by atoms with Gasteiger partial charge in [-0.3, -0.25) is 14.2 Å². The molecule has 1 N–H and O–H groups in total. The summed E-state index contributed by atoms with van der Waals surface area (Å²) in [6.07, 6.45) is 1.42. The Morgan fingerprint density at radius 2 is 2.11 bits per heavy atom. The molecule has 0 atom stereocenters. The molecule has 0 aliphatic carbocycles. The Morgan fingerprint density at radius 3 is 2.86 bits per heavy atom. The van der Waals surface area contributed by atoms with Crippen molar-refractivity contribution in [1.29, 1.82) is 0 Å². The molecule has 4 aromatic rings. The van der Waals surface area contributed by atoms with Crippen LogP contribution in [0.4, 0.5) is 5.69 Å². The average molecular weight is 395 g/mol. The molecule has 0 radical (unpaired) electrons. The number of aromatic nitrogens is 6. The molecular weight excluding hydrogens is 378 g/mol. The first-order chi connectivity index (χ1) is 13.4. The highest BCUT2D eigenvalue weighted by Gasteiger charge is 2.14. The largest absolute Gasteiger partial charge is 0.325 e. The zero-order valence-electron chi connectivity index (χ0n) is 15.5. The number of carbonyl (C=O) groups is 1. The van der Waals surface area contributed by atoms with Crippen LogP contribution in [-0.2, 0) is 18.4 Å². The van der Waals surface area contributed by atoms with Crippen LogP contribution in [0.1, 0.15) is 10.4 Å². The van der Waals surface area contributed by atoms with E-state index in [-0.39, 0.29) is 18.0 Å². The fourth-order valence-electron chi connectivity index (χ4n) is 2.87. The molecule has 9 nitrogen and oxygen atoms in total. The molecule has 0 aliphatic heterocycles. The first-order valence-corrected chi connectivity index (χ1v) is 9.33. The zero-order valence-corrected chi connectivity index (χ0v) is 16.3. The molecule has 0 aliphatic rings. The number of anilines is 1. The van der Waals surface area contributed by atoms with E-state index < -0.39 is 0 Å². The Morgan fingerprint density at radius 1 is 1.29 bits per heavy atom. The highest BCUT2D eigenvalue weighted by atomic mass is 32.1. The van der Waals surface area contributed by atoms with Crippen molar-refractivity contribution in [3.8, 4) is 11.4 Å². The third-order valence-electron chi connectivity index (χ3n) is 4.38. The van der Waals surface area contributed by atoms with E-state index in [1.165, 1.54) is 27.0 Å². The maximum absolute atomic E-state index is 12.7. The molecular formula is C18H17N7O2S. The van der Waals surface area contributed by atoms with Crippen LogP contribution in [-0.4, -0.2) is 35.7 Å². The summed E-state index contributed by atoms with van der Waals surface area (Å²) in [4.78, 5) is 32.6. The zero-order chi connectivity index (χ0) is 19.8. The van der Waals surface area contributed by atoms with Crippen LogP contribution in [0.2, 0.25) is 0 Å². The lowest BCUT2D eigenvalue weighted by Crippen LogP contribution is -2.27. The number of rotatable bonds is 4. The number of benzene rings is 1. The van der Waals surface area contributed by atoms with Gasteiger partial charge in [-0.05, 0) is 36.8 Å². The molecule has 0 spiro atoms. The van der Waals surface area contributed by atoms with Crippen molar-refractivity contribution in [1.82, 2.24) is 29.8 Å². The maximum Gasteiger partial charge on any atom is 0.262 e. The van der Waals surface area contributed by atoms with Crippen LogP contribution in [0.25, 0.3) is 21.6 Å². The first kappa shape index (κ1) is 18.0. The van der Waals surface area contributed by atoms with Gasteiger partial charge >= 0.3 is 0 Å². The van der Waals surface area contributed by atoms with Crippen LogP contribution >= 0.6 is 11.3 Å². The van der Waals surface area contributed by atoms with E-state index in [2.05, 4.69) is 25.7 Å². The number of hydrogen-bond donors (Lipinski definition) is 1. The van der Waals surface area contributed by atoms with E-state index in [4.69, 9.17) is 0 Å². The lowest BCUT2D eigenvalue weighted by atomic mass is 10.2. The van der Waals surface area contributed by atoms with Gasteiger partial charge in [-0.25, -0.2) is 4.98 Å². The van der Waals surface area contributed by atoms with Gasteiger partial charge in [0.15, 0.2) is 0 Å². The first-order valence-electron chi connectivity index (χ1n) is 8.52. The second-order valence-corrected chi connectivity index (χ2v) is 7.58. The van der Waals surface area contributed by atoms with Crippen LogP contribution in [0.15, 0.2) is 35.4 Å². The number of hydrogen-bond acceptors (Lipinski definition) is 7. The number of aryl methyl sites for hydroxylation is 3.